The van der Waals surface area contributed by atoms with Gasteiger partial charge in [0.15, 0.2) is 0 Å². The number of benzene rings is 11. The van der Waals surface area contributed by atoms with Crippen LogP contribution < -0.4 is 4.90 Å². The molecule has 1 aliphatic heterocycles. The van der Waals surface area contributed by atoms with E-state index in [1.54, 1.807) is 0 Å². The molecule has 1 unspecified atom stereocenters. The SMILES string of the molecule is CC1(C)c2ccccc2-c2c(N(c3ccc4c(c3)C3(c5ccccc5-c5ccccc53)c3ccccc3-4)c3ccc4c(c3)C3(c5ccccc5-4)c4ccccc4-n4c5ccccc5c5cccc3c54)cccc21. The molecule has 1 atom stereocenters. The Bertz CT molecular complexity index is 4380. The van der Waals surface area contributed by atoms with Gasteiger partial charge in [-0.3, -0.25) is 0 Å². The van der Waals surface area contributed by atoms with E-state index in [-0.39, 0.29) is 5.41 Å². The second-order valence-corrected chi connectivity index (χ2v) is 21.4. The molecule has 0 bridgehead atoms. The van der Waals surface area contributed by atoms with Gasteiger partial charge in [0.2, 0.25) is 0 Å². The number of hydrogen-bond donors (Lipinski definition) is 0. The Morgan fingerprint density at radius 1 is 0.315 bits per heavy atom. The Morgan fingerprint density at radius 3 is 1.34 bits per heavy atom. The van der Waals surface area contributed by atoms with Crippen LogP contribution in [-0.2, 0) is 16.2 Å². The van der Waals surface area contributed by atoms with Crippen LogP contribution in [0.25, 0.3) is 72.0 Å². The number of rotatable bonds is 3. The molecule has 0 radical (unpaired) electrons. The third-order valence-corrected chi connectivity index (χ3v) is 18.0. The molecule has 340 valence electrons. The normalized spacial score (nSPS) is 16.6. The fraction of sp³-hybridized carbons (Fsp3) is 0.0704. The van der Waals surface area contributed by atoms with E-state index in [1.165, 1.54) is 133 Å². The predicted molar refractivity (Wildman–Crippen MR) is 300 cm³/mol. The molecule has 2 nitrogen and oxygen atoms in total. The highest BCUT2D eigenvalue weighted by molar-refractivity contribution is 6.13. The summed E-state index contributed by atoms with van der Waals surface area (Å²) in [6, 6.07) is 92.9. The van der Waals surface area contributed by atoms with E-state index in [4.69, 9.17) is 0 Å². The van der Waals surface area contributed by atoms with E-state index in [2.05, 4.69) is 266 Å². The molecule has 12 aromatic rings. The monoisotopic (exact) mass is 926 g/mol. The van der Waals surface area contributed by atoms with Crippen LogP contribution in [0.1, 0.15) is 69.5 Å². The van der Waals surface area contributed by atoms with Gasteiger partial charge in [0.25, 0.3) is 0 Å². The minimum absolute atomic E-state index is 0.179. The van der Waals surface area contributed by atoms with Crippen LogP contribution >= 0.6 is 0 Å². The third kappa shape index (κ3) is 4.59. The highest BCUT2D eigenvalue weighted by Crippen LogP contribution is 2.65. The van der Waals surface area contributed by atoms with Crippen molar-refractivity contribution in [1.29, 1.82) is 0 Å². The molecule has 2 heteroatoms. The first-order valence-electron chi connectivity index (χ1n) is 25.8. The number of hydrogen-bond acceptors (Lipinski definition) is 1. The molecule has 0 amide bonds. The quantitative estimate of drug-likeness (QED) is 0.171. The lowest BCUT2D eigenvalue weighted by Gasteiger charge is -2.40. The van der Waals surface area contributed by atoms with Gasteiger partial charge in [0.05, 0.1) is 33.2 Å². The lowest BCUT2D eigenvalue weighted by molar-refractivity contribution is 0.660. The highest BCUT2D eigenvalue weighted by atomic mass is 15.1. The van der Waals surface area contributed by atoms with E-state index >= 15 is 0 Å². The molecule has 1 aromatic heterocycles. The first kappa shape index (κ1) is 39.7. The zero-order valence-corrected chi connectivity index (χ0v) is 40.5. The fourth-order valence-electron chi connectivity index (χ4n) is 15.3. The van der Waals surface area contributed by atoms with E-state index in [0.29, 0.717) is 0 Å². The molecule has 0 fully saturated rings. The van der Waals surface area contributed by atoms with Crippen molar-refractivity contribution < 1.29 is 0 Å². The summed E-state index contributed by atoms with van der Waals surface area (Å²) in [4.78, 5) is 2.62. The molecule has 2 heterocycles. The lowest BCUT2D eigenvalue weighted by Crippen LogP contribution is -2.33. The number of fused-ring (bicyclic) bond motifs is 25. The first-order valence-corrected chi connectivity index (χ1v) is 25.8. The summed E-state index contributed by atoms with van der Waals surface area (Å²) < 4.78 is 2.54. The van der Waals surface area contributed by atoms with Gasteiger partial charge in [-0.05, 0) is 137 Å². The molecule has 4 aliphatic carbocycles. The zero-order valence-electron chi connectivity index (χ0n) is 40.5. The van der Waals surface area contributed by atoms with Crippen molar-refractivity contribution in [1.82, 2.24) is 4.57 Å². The molecule has 5 aliphatic rings. The van der Waals surface area contributed by atoms with E-state index in [0.717, 1.165) is 11.4 Å². The molecule has 73 heavy (non-hydrogen) atoms. The first-order chi connectivity index (χ1) is 36.0. The average Bonchev–Trinajstić information content (AvgIpc) is 4.20. The maximum absolute atomic E-state index is 2.62. The molecular formula is C71H46N2. The van der Waals surface area contributed by atoms with Crippen LogP contribution in [0.4, 0.5) is 17.1 Å². The van der Waals surface area contributed by atoms with Gasteiger partial charge >= 0.3 is 0 Å². The standard InChI is InChI=1S/C71H46N2/c1-69(2)54-26-9-7-24-53(54)67-60(69)32-18-36-66(67)72(43-37-39-49-47-21-5-12-29-57(47)70(62(49)41-43)55-27-10-3-19-45(55)46-20-4-11-28-56(46)70)44-38-40-50-48-22-6-13-30-58(48)71(63(50)42-44)59-31-14-16-35-65(59)73-64-34-15-8-23-51(64)52-25-17-33-61(71)68(52)73/h3-42H,1-2H3. The summed E-state index contributed by atoms with van der Waals surface area (Å²) in [7, 11) is 0. The van der Waals surface area contributed by atoms with Gasteiger partial charge in [0.1, 0.15) is 0 Å². The van der Waals surface area contributed by atoms with Gasteiger partial charge in [-0.15, -0.1) is 0 Å². The number of nitrogens with zero attached hydrogens (tertiary/aromatic N) is 2. The van der Waals surface area contributed by atoms with Crippen LogP contribution in [0.5, 0.6) is 0 Å². The largest absolute Gasteiger partial charge is 0.310 e. The van der Waals surface area contributed by atoms with E-state index in [1.807, 2.05) is 0 Å². The zero-order chi connectivity index (χ0) is 48.0. The molecule has 17 rings (SSSR count). The molecule has 0 N–H and O–H groups in total. The number of aromatic nitrogens is 1. The van der Waals surface area contributed by atoms with Crippen molar-refractivity contribution in [2.45, 2.75) is 30.1 Å². The van der Waals surface area contributed by atoms with Gasteiger partial charge in [-0.2, -0.15) is 0 Å². The fourth-order valence-corrected chi connectivity index (χ4v) is 15.3. The summed E-state index contributed by atoms with van der Waals surface area (Å²) in [5.41, 5.74) is 29.7. The second-order valence-electron chi connectivity index (χ2n) is 21.4. The Hall–Kier alpha value is -8.98. The number of para-hydroxylation sites is 3. The van der Waals surface area contributed by atoms with Crippen molar-refractivity contribution in [3.63, 3.8) is 0 Å². The van der Waals surface area contributed by atoms with Crippen LogP contribution in [-0.4, -0.2) is 4.57 Å². The topological polar surface area (TPSA) is 8.17 Å². The summed E-state index contributed by atoms with van der Waals surface area (Å²) in [5.74, 6) is 0. The van der Waals surface area contributed by atoms with Crippen molar-refractivity contribution in [3.8, 4) is 50.2 Å². The van der Waals surface area contributed by atoms with Gasteiger partial charge in [-0.25, -0.2) is 0 Å². The lowest BCUT2D eigenvalue weighted by atomic mass is 9.65. The second kappa shape index (κ2) is 13.7. The van der Waals surface area contributed by atoms with Crippen molar-refractivity contribution in [2.24, 2.45) is 0 Å². The third-order valence-electron chi connectivity index (χ3n) is 18.0. The van der Waals surface area contributed by atoms with E-state index < -0.39 is 10.8 Å². The van der Waals surface area contributed by atoms with Gasteiger partial charge < -0.3 is 9.47 Å². The van der Waals surface area contributed by atoms with Crippen LogP contribution in [0.2, 0.25) is 0 Å². The Balaban J connectivity index is 0.985. The van der Waals surface area contributed by atoms with Crippen LogP contribution in [0, 0.1) is 0 Å². The van der Waals surface area contributed by atoms with Crippen molar-refractivity contribution in [3.05, 3.63) is 298 Å². The van der Waals surface area contributed by atoms with Gasteiger partial charge in [-0.1, -0.05) is 214 Å². The molecule has 11 aromatic carbocycles. The highest BCUT2D eigenvalue weighted by Gasteiger charge is 2.53. The molecule has 0 saturated heterocycles. The summed E-state index contributed by atoms with van der Waals surface area (Å²) in [5, 5.41) is 2.57. The summed E-state index contributed by atoms with van der Waals surface area (Å²) in [6.45, 7) is 4.79. The van der Waals surface area contributed by atoms with Crippen LogP contribution in [0.15, 0.2) is 243 Å². The molecular weight excluding hydrogens is 881 g/mol. The summed E-state index contributed by atoms with van der Waals surface area (Å²) >= 11 is 0. The van der Waals surface area contributed by atoms with Crippen molar-refractivity contribution >= 4 is 38.9 Å². The Labute approximate surface area is 424 Å². The summed E-state index contributed by atoms with van der Waals surface area (Å²) in [6.07, 6.45) is 0. The Kier molecular flexibility index (Phi) is 7.45. The van der Waals surface area contributed by atoms with Crippen molar-refractivity contribution in [2.75, 3.05) is 4.90 Å². The Morgan fingerprint density at radius 2 is 0.740 bits per heavy atom. The number of anilines is 3. The maximum Gasteiger partial charge on any atom is 0.0755 e. The van der Waals surface area contributed by atoms with Crippen LogP contribution in [0.3, 0.4) is 0 Å². The maximum atomic E-state index is 2.62. The van der Waals surface area contributed by atoms with Gasteiger partial charge in [0, 0.05) is 33.1 Å². The smallest absolute Gasteiger partial charge is 0.0755 e. The minimum atomic E-state index is -0.595. The van der Waals surface area contributed by atoms with E-state index in [9.17, 15) is 0 Å². The minimum Gasteiger partial charge on any atom is -0.310 e. The predicted octanol–water partition coefficient (Wildman–Crippen LogP) is 17.6. The molecule has 0 saturated carbocycles. The molecule has 2 spiro atoms. The average molecular weight is 927 g/mol.